The molecule has 0 saturated carbocycles. The zero-order valence-corrected chi connectivity index (χ0v) is 13.5. The van der Waals surface area contributed by atoms with Crippen LogP contribution in [0.4, 0.5) is 0 Å². The van der Waals surface area contributed by atoms with E-state index in [4.69, 9.17) is 5.11 Å². The average molecular weight is 325 g/mol. The Labute approximate surface area is 132 Å². The molecule has 0 aliphatic carbocycles. The number of hydrogen-bond donors (Lipinski definition) is 2. The van der Waals surface area contributed by atoms with Crippen LogP contribution in [-0.4, -0.2) is 27.9 Å². The zero-order chi connectivity index (χ0) is 14.3. The third-order valence-electron chi connectivity index (χ3n) is 3.51. The number of aromatic nitrogens is 1. The van der Waals surface area contributed by atoms with Crippen molar-refractivity contribution < 1.29 is 10.2 Å². The van der Waals surface area contributed by atoms with Crippen LogP contribution >= 0.6 is 23.7 Å². The van der Waals surface area contributed by atoms with Crippen molar-refractivity contribution in [1.29, 1.82) is 0 Å². The molecule has 0 radical (unpaired) electrons. The Morgan fingerprint density at radius 3 is 2.57 bits per heavy atom. The minimum atomic E-state index is 0. The Balaban J connectivity index is 0.00000161. The Hall–Kier alpha value is -1.56. The molecule has 0 saturated heterocycles. The number of aliphatic hydroxyl groups excluding tert-OH is 1. The normalized spacial score (nSPS) is 12.0. The molecule has 21 heavy (non-hydrogen) atoms. The molecule has 3 aromatic rings. The van der Waals surface area contributed by atoms with E-state index >= 15 is 0 Å². The molecule has 6 heteroatoms. The maximum Gasteiger partial charge on any atom is 0.185 e. The second-order valence-corrected chi connectivity index (χ2v) is 5.72. The molecule has 4 nitrogen and oxygen atoms in total. The van der Waals surface area contributed by atoms with Crippen molar-refractivity contribution >= 4 is 44.7 Å². The number of hydrogen-bond acceptors (Lipinski definition) is 4. The first-order valence-electron chi connectivity index (χ1n) is 6.46. The summed E-state index contributed by atoms with van der Waals surface area (Å²) in [5, 5.41) is 21.2. The molecule has 0 unspecified atom stereocenters. The summed E-state index contributed by atoms with van der Waals surface area (Å²) < 4.78 is 3.07. The summed E-state index contributed by atoms with van der Waals surface area (Å²) in [7, 11) is 1.97. The number of aryl methyl sites for hydroxylation is 2. The Morgan fingerprint density at radius 1 is 1.24 bits per heavy atom. The van der Waals surface area contributed by atoms with Gasteiger partial charge in [0.05, 0.1) is 23.4 Å². The number of phenolic OH excluding ortho intramolecular Hbond substituents is 1. The fourth-order valence-corrected chi connectivity index (χ4v) is 3.66. The van der Waals surface area contributed by atoms with Gasteiger partial charge in [-0.3, -0.25) is 4.99 Å². The molecular formula is C15H17ClN2O2S. The number of phenols is 1. The lowest BCUT2D eigenvalue weighted by molar-refractivity contribution is 0.305. The Morgan fingerprint density at radius 2 is 1.90 bits per heavy atom. The maximum atomic E-state index is 10.4. The van der Waals surface area contributed by atoms with Gasteiger partial charge in [0.15, 0.2) is 4.80 Å². The van der Waals surface area contributed by atoms with Crippen molar-refractivity contribution in [2.24, 2.45) is 12.0 Å². The van der Waals surface area contributed by atoms with E-state index in [-0.39, 0.29) is 19.0 Å². The first-order chi connectivity index (χ1) is 9.65. The quantitative estimate of drug-likeness (QED) is 0.761. The number of rotatable bonds is 2. The number of halogens is 1. The molecule has 112 valence electrons. The van der Waals surface area contributed by atoms with Gasteiger partial charge in [-0.15, -0.1) is 12.4 Å². The highest BCUT2D eigenvalue weighted by Gasteiger charge is 2.14. The largest absolute Gasteiger partial charge is 0.507 e. The topological polar surface area (TPSA) is 57.8 Å². The molecule has 2 aromatic carbocycles. The van der Waals surface area contributed by atoms with Crippen LogP contribution in [0.1, 0.15) is 5.56 Å². The minimum Gasteiger partial charge on any atom is -0.507 e. The van der Waals surface area contributed by atoms with E-state index in [1.165, 1.54) is 0 Å². The molecule has 0 bridgehead atoms. The molecule has 0 atom stereocenters. The van der Waals surface area contributed by atoms with E-state index in [0.29, 0.717) is 12.3 Å². The van der Waals surface area contributed by atoms with Crippen LogP contribution in [0.15, 0.2) is 29.3 Å². The van der Waals surface area contributed by atoms with Gasteiger partial charge in [-0.25, -0.2) is 0 Å². The summed E-state index contributed by atoms with van der Waals surface area (Å²) in [6, 6.07) is 7.84. The van der Waals surface area contributed by atoms with Crippen LogP contribution in [0, 0.1) is 6.92 Å². The lowest BCUT2D eigenvalue weighted by Crippen LogP contribution is -2.11. The predicted octanol–water partition coefficient (Wildman–Crippen LogP) is 2.72. The Bertz CT molecular complexity index is 867. The summed E-state index contributed by atoms with van der Waals surface area (Å²) in [6.45, 7) is 2.36. The fourth-order valence-electron chi connectivity index (χ4n) is 2.50. The summed E-state index contributed by atoms with van der Waals surface area (Å²) in [4.78, 5) is 5.24. The van der Waals surface area contributed by atoms with E-state index in [9.17, 15) is 5.11 Å². The van der Waals surface area contributed by atoms with Gasteiger partial charge in [0.25, 0.3) is 0 Å². The number of aliphatic hydroxyl groups is 1. The van der Waals surface area contributed by atoms with Crippen LogP contribution in [0.25, 0.3) is 21.0 Å². The zero-order valence-electron chi connectivity index (χ0n) is 11.8. The van der Waals surface area contributed by atoms with Crippen molar-refractivity contribution in [1.82, 2.24) is 4.57 Å². The molecule has 0 amide bonds. The van der Waals surface area contributed by atoms with Gasteiger partial charge in [-0.05, 0) is 6.92 Å². The van der Waals surface area contributed by atoms with E-state index in [2.05, 4.69) is 4.99 Å². The van der Waals surface area contributed by atoms with E-state index in [0.717, 1.165) is 31.4 Å². The number of benzene rings is 2. The molecule has 2 N–H and O–H groups in total. The second-order valence-electron chi connectivity index (χ2n) is 4.75. The molecule has 1 aromatic heterocycles. The van der Waals surface area contributed by atoms with Gasteiger partial charge in [0, 0.05) is 23.4 Å². The third-order valence-corrected chi connectivity index (χ3v) is 4.80. The van der Waals surface area contributed by atoms with Crippen LogP contribution in [-0.2, 0) is 7.05 Å². The predicted molar refractivity (Wildman–Crippen MR) is 89.5 cm³/mol. The maximum absolute atomic E-state index is 10.4. The molecule has 1 heterocycles. The number of nitrogens with zero attached hydrogens (tertiary/aromatic N) is 2. The molecule has 0 aliphatic rings. The van der Waals surface area contributed by atoms with E-state index < -0.39 is 0 Å². The minimum absolute atomic E-state index is 0. The van der Waals surface area contributed by atoms with Crippen LogP contribution in [0.5, 0.6) is 5.75 Å². The number of aromatic hydroxyl groups is 1. The summed E-state index contributed by atoms with van der Waals surface area (Å²) in [5.41, 5.74) is 1.96. The summed E-state index contributed by atoms with van der Waals surface area (Å²) in [6.07, 6.45) is 0. The van der Waals surface area contributed by atoms with Crippen molar-refractivity contribution in [2.75, 3.05) is 13.2 Å². The SMILES string of the molecule is Cc1c(O)c2ccccc2c2c1s/c(=N\CCO)n2C.Cl. The van der Waals surface area contributed by atoms with Crippen molar-refractivity contribution in [3.63, 3.8) is 0 Å². The van der Waals surface area contributed by atoms with E-state index in [1.54, 1.807) is 11.3 Å². The smallest absolute Gasteiger partial charge is 0.185 e. The van der Waals surface area contributed by atoms with Gasteiger partial charge < -0.3 is 14.8 Å². The third kappa shape index (κ3) is 2.41. The Kier molecular flexibility index (Phi) is 4.56. The van der Waals surface area contributed by atoms with Crippen LogP contribution < -0.4 is 4.80 Å². The van der Waals surface area contributed by atoms with Gasteiger partial charge in [-0.1, -0.05) is 35.6 Å². The van der Waals surface area contributed by atoms with Gasteiger partial charge in [0.2, 0.25) is 0 Å². The summed E-state index contributed by atoms with van der Waals surface area (Å²) >= 11 is 1.54. The summed E-state index contributed by atoms with van der Waals surface area (Å²) in [5.74, 6) is 0.337. The van der Waals surface area contributed by atoms with Crippen molar-refractivity contribution in [2.45, 2.75) is 6.92 Å². The number of fused-ring (bicyclic) bond motifs is 3. The van der Waals surface area contributed by atoms with Crippen LogP contribution in [0.2, 0.25) is 0 Å². The first-order valence-corrected chi connectivity index (χ1v) is 7.28. The molecule has 0 spiro atoms. The van der Waals surface area contributed by atoms with Crippen LogP contribution in [0.3, 0.4) is 0 Å². The lowest BCUT2D eigenvalue weighted by Gasteiger charge is -2.07. The second kappa shape index (κ2) is 6.05. The molecule has 0 fully saturated rings. The van der Waals surface area contributed by atoms with Gasteiger partial charge in [-0.2, -0.15) is 0 Å². The van der Waals surface area contributed by atoms with Gasteiger partial charge in [0.1, 0.15) is 5.75 Å². The average Bonchev–Trinajstić information content (AvgIpc) is 2.80. The molecular weight excluding hydrogens is 308 g/mol. The first kappa shape index (κ1) is 15.8. The standard InChI is InChI=1S/C15H16N2O2S.ClH/c1-9-13(19)11-6-4-3-5-10(11)12-14(9)20-15(17(12)2)16-7-8-18;/h3-6,18-19H,7-8H2,1-2H3;1H/b16-15-;. The highest BCUT2D eigenvalue weighted by Crippen LogP contribution is 2.37. The van der Waals surface area contributed by atoms with Gasteiger partial charge >= 0.3 is 0 Å². The highest BCUT2D eigenvalue weighted by atomic mass is 35.5. The molecule has 3 rings (SSSR count). The number of thiazole rings is 1. The fraction of sp³-hybridized carbons (Fsp3) is 0.267. The monoisotopic (exact) mass is 324 g/mol. The van der Waals surface area contributed by atoms with Crippen molar-refractivity contribution in [3.8, 4) is 5.75 Å². The highest BCUT2D eigenvalue weighted by molar-refractivity contribution is 7.16. The molecule has 0 aliphatic heterocycles. The van der Waals surface area contributed by atoms with Crippen molar-refractivity contribution in [3.05, 3.63) is 34.6 Å². The van der Waals surface area contributed by atoms with E-state index in [1.807, 2.05) is 42.8 Å². The lowest BCUT2D eigenvalue weighted by atomic mass is 10.0.